The second-order valence-electron chi connectivity index (χ2n) is 5.26. The number of anilines is 2. The van der Waals surface area contributed by atoms with Crippen molar-refractivity contribution in [2.45, 2.75) is 19.3 Å². The zero-order chi connectivity index (χ0) is 14.7. The summed E-state index contributed by atoms with van der Waals surface area (Å²) in [6.07, 6.45) is 5.51. The van der Waals surface area contributed by atoms with E-state index in [9.17, 15) is 4.79 Å². The average Bonchev–Trinajstić information content (AvgIpc) is 2.56. The van der Waals surface area contributed by atoms with Gasteiger partial charge < -0.3 is 10.2 Å². The van der Waals surface area contributed by atoms with Crippen LogP contribution in [0.4, 0.5) is 11.4 Å². The Morgan fingerprint density at radius 1 is 1.24 bits per heavy atom. The van der Waals surface area contributed by atoms with Crippen LogP contribution in [-0.2, 0) is 4.79 Å². The first-order valence-electron chi connectivity index (χ1n) is 7.28. The number of carbonyl (C=O) groups is 1. The van der Waals surface area contributed by atoms with Crippen molar-refractivity contribution in [1.82, 2.24) is 4.98 Å². The number of nitrogens with zero attached hydrogens (tertiary/aromatic N) is 2. The molecule has 0 saturated carbocycles. The number of nitrogens with one attached hydrogen (secondary N) is 1. The number of halogens is 1. The number of rotatable bonds is 3. The molecule has 5 heteroatoms. The van der Waals surface area contributed by atoms with Crippen molar-refractivity contribution in [2.24, 2.45) is 0 Å². The van der Waals surface area contributed by atoms with Gasteiger partial charge in [0.05, 0.1) is 11.2 Å². The summed E-state index contributed by atoms with van der Waals surface area (Å²) >= 11 is 5.57. The maximum Gasteiger partial charge on any atom is 0.239 e. The van der Waals surface area contributed by atoms with Crippen LogP contribution in [0.15, 0.2) is 30.5 Å². The van der Waals surface area contributed by atoms with Crippen LogP contribution in [0.2, 0.25) is 0 Å². The average molecular weight is 304 g/mol. The zero-order valence-corrected chi connectivity index (χ0v) is 12.6. The molecule has 0 radical (unpaired) electrons. The van der Waals surface area contributed by atoms with Crippen LogP contribution in [0.3, 0.4) is 0 Å². The Hall–Kier alpha value is -1.81. The smallest absolute Gasteiger partial charge is 0.239 e. The predicted octanol–water partition coefficient (Wildman–Crippen LogP) is 3.40. The number of amides is 1. The third-order valence-electron chi connectivity index (χ3n) is 3.84. The molecule has 1 aromatic heterocycles. The van der Waals surface area contributed by atoms with Crippen molar-refractivity contribution in [3.63, 3.8) is 0 Å². The van der Waals surface area contributed by atoms with Crippen LogP contribution in [0.25, 0.3) is 10.9 Å². The molecule has 1 N–H and O–H groups in total. The number of benzene rings is 1. The van der Waals surface area contributed by atoms with E-state index in [1.54, 1.807) is 6.20 Å². The van der Waals surface area contributed by atoms with Gasteiger partial charge in [-0.25, -0.2) is 0 Å². The maximum atomic E-state index is 11.5. The van der Waals surface area contributed by atoms with Crippen molar-refractivity contribution >= 4 is 39.8 Å². The lowest BCUT2D eigenvalue weighted by Gasteiger charge is -2.30. The fraction of sp³-hybridized carbons (Fsp3) is 0.375. The van der Waals surface area contributed by atoms with Gasteiger partial charge in [0, 0.05) is 30.4 Å². The van der Waals surface area contributed by atoms with Gasteiger partial charge in [0.25, 0.3) is 0 Å². The van der Waals surface area contributed by atoms with Gasteiger partial charge in [-0.05, 0) is 43.5 Å². The Morgan fingerprint density at radius 3 is 2.81 bits per heavy atom. The van der Waals surface area contributed by atoms with Crippen molar-refractivity contribution in [1.29, 1.82) is 0 Å². The van der Waals surface area contributed by atoms with Crippen LogP contribution >= 0.6 is 11.6 Å². The predicted molar refractivity (Wildman–Crippen MR) is 87.2 cm³/mol. The number of pyridine rings is 1. The molecule has 3 rings (SSSR count). The molecule has 4 nitrogen and oxygen atoms in total. The van der Waals surface area contributed by atoms with Gasteiger partial charge in [-0.3, -0.25) is 9.78 Å². The Morgan fingerprint density at radius 2 is 2.05 bits per heavy atom. The molecule has 0 aliphatic carbocycles. The van der Waals surface area contributed by atoms with Crippen molar-refractivity contribution in [3.05, 3.63) is 30.5 Å². The molecule has 1 saturated heterocycles. The van der Waals surface area contributed by atoms with Crippen molar-refractivity contribution in [3.8, 4) is 0 Å². The van der Waals surface area contributed by atoms with E-state index in [0.717, 1.165) is 29.7 Å². The number of piperidine rings is 1. The van der Waals surface area contributed by atoms with Gasteiger partial charge in [0.1, 0.15) is 5.88 Å². The Balaban J connectivity index is 2.03. The highest BCUT2D eigenvalue weighted by molar-refractivity contribution is 6.29. The third kappa shape index (κ3) is 2.95. The Labute approximate surface area is 129 Å². The molecule has 21 heavy (non-hydrogen) atoms. The first kappa shape index (κ1) is 14.1. The van der Waals surface area contributed by atoms with E-state index in [1.165, 1.54) is 24.9 Å². The molecular formula is C16H18ClN3O. The Bertz CT molecular complexity index is 653. The maximum absolute atomic E-state index is 11.5. The third-order valence-corrected chi connectivity index (χ3v) is 4.08. The fourth-order valence-corrected chi connectivity index (χ4v) is 2.92. The highest BCUT2D eigenvalue weighted by atomic mass is 35.5. The minimum Gasteiger partial charge on any atom is -0.371 e. The van der Waals surface area contributed by atoms with Crippen LogP contribution in [0.1, 0.15) is 19.3 Å². The van der Waals surface area contributed by atoms with Gasteiger partial charge in [0.2, 0.25) is 5.91 Å². The molecular weight excluding hydrogens is 286 g/mol. The topological polar surface area (TPSA) is 45.2 Å². The van der Waals surface area contributed by atoms with E-state index >= 15 is 0 Å². The molecule has 0 spiro atoms. The first-order chi connectivity index (χ1) is 10.3. The summed E-state index contributed by atoms with van der Waals surface area (Å²) in [4.78, 5) is 18.4. The monoisotopic (exact) mass is 303 g/mol. The SMILES string of the molecule is O=C(CCl)Nc1ccc(N2CCCCC2)c2cccnc12. The summed E-state index contributed by atoms with van der Waals surface area (Å²) in [5.41, 5.74) is 2.73. The van der Waals surface area contributed by atoms with Crippen molar-refractivity contribution in [2.75, 3.05) is 29.2 Å². The highest BCUT2D eigenvalue weighted by Crippen LogP contribution is 2.32. The largest absolute Gasteiger partial charge is 0.371 e. The molecule has 0 atom stereocenters. The number of hydrogen-bond donors (Lipinski definition) is 1. The second-order valence-corrected chi connectivity index (χ2v) is 5.53. The number of hydrogen-bond acceptors (Lipinski definition) is 3. The summed E-state index contributed by atoms with van der Waals surface area (Å²) in [5, 5.41) is 3.89. The summed E-state index contributed by atoms with van der Waals surface area (Å²) in [6, 6.07) is 7.98. The van der Waals surface area contributed by atoms with Crippen molar-refractivity contribution < 1.29 is 4.79 Å². The molecule has 2 aromatic rings. The van der Waals surface area contributed by atoms with Gasteiger partial charge in [-0.1, -0.05) is 0 Å². The molecule has 1 aromatic carbocycles. The molecule has 2 heterocycles. The lowest BCUT2D eigenvalue weighted by molar-refractivity contribution is -0.113. The minimum atomic E-state index is -0.214. The van der Waals surface area contributed by atoms with Crippen LogP contribution in [0, 0.1) is 0 Å². The normalized spacial score (nSPS) is 15.2. The van der Waals surface area contributed by atoms with Gasteiger partial charge in [-0.15, -0.1) is 11.6 Å². The number of aromatic nitrogens is 1. The van der Waals surface area contributed by atoms with Crippen LogP contribution < -0.4 is 10.2 Å². The van der Waals surface area contributed by atoms with E-state index in [4.69, 9.17) is 11.6 Å². The molecule has 0 unspecified atom stereocenters. The molecule has 1 amide bonds. The summed E-state index contributed by atoms with van der Waals surface area (Å²) < 4.78 is 0. The van der Waals surface area contributed by atoms with Gasteiger partial charge in [-0.2, -0.15) is 0 Å². The van der Waals surface area contributed by atoms with E-state index < -0.39 is 0 Å². The summed E-state index contributed by atoms with van der Waals surface area (Å²) in [6.45, 7) is 2.16. The number of fused-ring (bicyclic) bond motifs is 1. The van der Waals surface area contributed by atoms with Crippen LogP contribution in [-0.4, -0.2) is 29.9 Å². The molecule has 1 fully saturated rings. The van der Waals surface area contributed by atoms with Gasteiger partial charge in [0.15, 0.2) is 0 Å². The molecule has 1 aliphatic heterocycles. The zero-order valence-electron chi connectivity index (χ0n) is 11.8. The minimum absolute atomic E-state index is 0.0534. The van der Waals surface area contributed by atoms with E-state index in [-0.39, 0.29) is 11.8 Å². The van der Waals surface area contributed by atoms with Gasteiger partial charge >= 0.3 is 0 Å². The standard InChI is InChI=1S/C16H18ClN3O/c17-11-15(21)19-13-6-7-14(20-9-2-1-3-10-20)12-5-4-8-18-16(12)13/h4-8H,1-3,9-11H2,(H,19,21). The van der Waals surface area contributed by atoms with E-state index in [0.29, 0.717) is 0 Å². The molecule has 0 bridgehead atoms. The Kier molecular flexibility index (Phi) is 4.25. The highest BCUT2D eigenvalue weighted by Gasteiger charge is 2.16. The van der Waals surface area contributed by atoms with E-state index in [1.807, 2.05) is 12.1 Å². The quantitative estimate of drug-likeness (QED) is 0.884. The second kappa shape index (κ2) is 6.31. The van der Waals surface area contributed by atoms with E-state index in [2.05, 4.69) is 27.3 Å². The number of alkyl halides is 1. The number of carbonyl (C=O) groups excluding carboxylic acids is 1. The molecule has 1 aliphatic rings. The fourth-order valence-electron chi connectivity index (χ4n) is 2.85. The molecule has 110 valence electrons. The summed E-state index contributed by atoms with van der Waals surface area (Å²) in [7, 11) is 0. The lowest BCUT2D eigenvalue weighted by Crippen LogP contribution is -2.29. The summed E-state index contributed by atoms with van der Waals surface area (Å²) in [5.74, 6) is -0.267. The van der Waals surface area contributed by atoms with Crippen LogP contribution in [0.5, 0.6) is 0 Å². The lowest BCUT2D eigenvalue weighted by atomic mass is 10.1. The first-order valence-corrected chi connectivity index (χ1v) is 7.81.